The van der Waals surface area contributed by atoms with Crippen molar-refractivity contribution < 1.29 is 28.6 Å². The summed E-state index contributed by atoms with van der Waals surface area (Å²) in [6.07, 6.45) is 1.02. The van der Waals surface area contributed by atoms with E-state index in [1.165, 1.54) is 6.08 Å². The second-order valence-electron chi connectivity index (χ2n) is 7.64. The Bertz CT molecular complexity index is 473. The lowest BCUT2D eigenvalue weighted by Gasteiger charge is -2.24. The maximum Gasteiger partial charge on any atom is 0.407 e. The molecule has 0 rings (SSSR count). The topological polar surface area (TPSA) is 90.9 Å². The minimum absolute atomic E-state index is 0.0620. The molecular weight excluding hydrogens is 326 g/mol. The molecule has 0 fully saturated rings. The minimum atomic E-state index is -0.664. The molecule has 0 bridgehead atoms. The second kappa shape index (κ2) is 10.1. The quantitative estimate of drug-likeness (QED) is 0.408. The number of carbonyl (C=O) groups excluding carboxylic acids is 3. The standard InChI is InChI=1S/C18H31NO6/c1-8-11-23-15(21)12-13(19-16(22)25-18(5,6)7)9-10-14(20)24-17(2,3)4/h8,13H,1,9-12H2,2-7H3,(H,19,22)/t13-/m0/s1. The Balaban J connectivity index is 4.71. The lowest BCUT2D eigenvalue weighted by molar-refractivity contribution is -0.155. The zero-order valence-corrected chi connectivity index (χ0v) is 16.1. The molecule has 0 saturated heterocycles. The van der Waals surface area contributed by atoms with Crippen molar-refractivity contribution >= 4 is 18.0 Å². The van der Waals surface area contributed by atoms with Gasteiger partial charge in [0.2, 0.25) is 0 Å². The largest absolute Gasteiger partial charge is 0.461 e. The van der Waals surface area contributed by atoms with Crippen LogP contribution in [0, 0.1) is 0 Å². The van der Waals surface area contributed by atoms with Gasteiger partial charge in [-0.1, -0.05) is 12.7 Å². The van der Waals surface area contributed by atoms with E-state index >= 15 is 0 Å². The average molecular weight is 357 g/mol. The summed E-state index contributed by atoms with van der Waals surface area (Å²) < 4.78 is 15.3. The van der Waals surface area contributed by atoms with Crippen molar-refractivity contribution in [3.8, 4) is 0 Å². The summed E-state index contributed by atoms with van der Waals surface area (Å²) in [5.74, 6) is -0.895. The first kappa shape index (κ1) is 22.9. The highest BCUT2D eigenvalue weighted by atomic mass is 16.6. The summed E-state index contributed by atoms with van der Waals surface area (Å²) in [5, 5.41) is 2.60. The van der Waals surface area contributed by atoms with Crippen molar-refractivity contribution in [3.63, 3.8) is 0 Å². The summed E-state index contributed by atoms with van der Waals surface area (Å²) in [5.41, 5.74) is -1.25. The van der Waals surface area contributed by atoms with E-state index in [2.05, 4.69) is 11.9 Å². The molecule has 1 amide bonds. The first-order chi connectivity index (χ1) is 11.3. The van der Waals surface area contributed by atoms with Crippen molar-refractivity contribution in [3.05, 3.63) is 12.7 Å². The van der Waals surface area contributed by atoms with E-state index in [1.807, 2.05) is 0 Å². The van der Waals surface area contributed by atoms with Crippen LogP contribution in [-0.2, 0) is 23.8 Å². The van der Waals surface area contributed by atoms with E-state index in [9.17, 15) is 14.4 Å². The highest BCUT2D eigenvalue weighted by Crippen LogP contribution is 2.13. The molecule has 0 aliphatic rings. The van der Waals surface area contributed by atoms with Crippen LogP contribution in [0.25, 0.3) is 0 Å². The minimum Gasteiger partial charge on any atom is -0.461 e. The Labute approximate surface area is 150 Å². The molecule has 0 spiro atoms. The molecule has 0 radical (unpaired) electrons. The lowest BCUT2D eigenvalue weighted by Crippen LogP contribution is -2.41. The van der Waals surface area contributed by atoms with Crippen LogP contribution >= 0.6 is 0 Å². The van der Waals surface area contributed by atoms with Crippen LogP contribution in [0.4, 0.5) is 4.79 Å². The van der Waals surface area contributed by atoms with Crippen LogP contribution < -0.4 is 5.32 Å². The molecule has 0 unspecified atom stereocenters. The fraction of sp³-hybridized carbons (Fsp3) is 0.722. The fourth-order valence-electron chi connectivity index (χ4n) is 1.80. The number of carbonyl (C=O) groups is 3. The maximum absolute atomic E-state index is 11.9. The first-order valence-electron chi connectivity index (χ1n) is 8.30. The number of rotatable bonds is 8. The third kappa shape index (κ3) is 14.0. The van der Waals surface area contributed by atoms with Crippen LogP contribution in [0.5, 0.6) is 0 Å². The Hall–Kier alpha value is -2.05. The summed E-state index contributed by atoms with van der Waals surface area (Å²) in [7, 11) is 0. The normalized spacial score (nSPS) is 12.7. The van der Waals surface area contributed by atoms with Crippen molar-refractivity contribution in [2.45, 2.75) is 78.0 Å². The molecule has 0 aromatic carbocycles. The van der Waals surface area contributed by atoms with Crippen LogP contribution in [0.2, 0.25) is 0 Å². The Morgan fingerprint density at radius 2 is 1.56 bits per heavy atom. The molecule has 0 aromatic heterocycles. The lowest BCUT2D eigenvalue weighted by atomic mass is 10.1. The highest BCUT2D eigenvalue weighted by Gasteiger charge is 2.24. The molecule has 1 atom stereocenters. The summed E-state index contributed by atoms with van der Waals surface area (Å²) >= 11 is 0. The van der Waals surface area contributed by atoms with Crippen LogP contribution in [-0.4, -0.2) is 41.9 Å². The smallest absolute Gasteiger partial charge is 0.407 e. The van der Waals surface area contributed by atoms with Gasteiger partial charge in [0, 0.05) is 12.5 Å². The van der Waals surface area contributed by atoms with Gasteiger partial charge in [-0.3, -0.25) is 9.59 Å². The van der Waals surface area contributed by atoms with E-state index in [1.54, 1.807) is 41.5 Å². The second-order valence-corrected chi connectivity index (χ2v) is 7.64. The summed E-state index contributed by atoms with van der Waals surface area (Å²) in [4.78, 5) is 35.5. The predicted molar refractivity (Wildman–Crippen MR) is 94.0 cm³/mol. The van der Waals surface area contributed by atoms with E-state index in [4.69, 9.17) is 14.2 Å². The molecule has 0 aliphatic heterocycles. The van der Waals surface area contributed by atoms with Gasteiger partial charge in [0.1, 0.15) is 17.8 Å². The molecule has 0 saturated carbocycles. The van der Waals surface area contributed by atoms with Crippen LogP contribution in [0.1, 0.15) is 60.8 Å². The maximum atomic E-state index is 11.9. The Morgan fingerprint density at radius 1 is 1.00 bits per heavy atom. The average Bonchev–Trinajstić information content (AvgIpc) is 2.38. The number of nitrogens with one attached hydrogen (secondary N) is 1. The van der Waals surface area contributed by atoms with Gasteiger partial charge >= 0.3 is 18.0 Å². The van der Waals surface area contributed by atoms with E-state index in [0.29, 0.717) is 0 Å². The van der Waals surface area contributed by atoms with Gasteiger partial charge in [-0.2, -0.15) is 0 Å². The van der Waals surface area contributed by atoms with E-state index < -0.39 is 35.3 Å². The predicted octanol–water partition coefficient (Wildman–Crippen LogP) is 3.12. The third-order valence-electron chi connectivity index (χ3n) is 2.61. The van der Waals surface area contributed by atoms with Crippen molar-refractivity contribution in [2.24, 2.45) is 0 Å². The highest BCUT2D eigenvalue weighted by molar-refractivity contribution is 5.74. The van der Waals surface area contributed by atoms with Gasteiger partial charge in [0.05, 0.1) is 6.42 Å². The fourth-order valence-corrected chi connectivity index (χ4v) is 1.80. The van der Waals surface area contributed by atoms with Gasteiger partial charge in [-0.25, -0.2) is 4.79 Å². The van der Waals surface area contributed by atoms with Crippen molar-refractivity contribution in [2.75, 3.05) is 6.61 Å². The molecule has 0 aliphatic carbocycles. The molecule has 0 aromatic rings. The molecule has 1 N–H and O–H groups in total. The number of amides is 1. The summed E-state index contributed by atoms with van der Waals surface area (Å²) in [6.45, 7) is 14.1. The number of ether oxygens (including phenoxy) is 3. The monoisotopic (exact) mass is 357 g/mol. The van der Waals surface area contributed by atoms with Gasteiger partial charge in [-0.15, -0.1) is 0 Å². The van der Waals surface area contributed by atoms with E-state index in [-0.39, 0.29) is 25.9 Å². The Kier molecular flexibility index (Phi) is 9.23. The molecule has 7 heteroatoms. The molecule has 7 nitrogen and oxygen atoms in total. The number of hydrogen-bond acceptors (Lipinski definition) is 6. The number of esters is 2. The zero-order chi connectivity index (χ0) is 19.7. The SMILES string of the molecule is C=CCOC(=O)C[C@H](CCC(=O)OC(C)(C)C)NC(=O)OC(C)(C)C. The van der Waals surface area contributed by atoms with Crippen molar-refractivity contribution in [1.29, 1.82) is 0 Å². The van der Waals surface area contributed by atoms with Crippen LogP contribution in [0.15, 0.2) is 12.7 Å². The van der Waals surface area contributed by atoms with Crippen molar-refractivity contribution in [1.82, 2.24) is 5.32 Å². The number of hydrogen-bond donors (Lipinski definition) is 1. The zero-order valence-electron chi connectivity index (χ0n) is 16.1. The van der Waals surface area contributed by atoms with Gasteiger partial charge < -0.3 is 19.5 Å². The number of alkyl carbamates (subject to hydrolysis) is 1. The summed E-state index contributed by atoms with van der Waals surface area (Å²) in [6, 6.07) is -0.598. The molecule has 25 heavy (non-hydrogen) atoms. The molecular formula is C18H31NO6. The van der Waals surface area contributed by atoms with Gasteiger partial charge in [0.25, 0.3) is 0 Å². The van der Waals surface area contributed by atoms with Crippen LogP contribution in [0.3, 0.4) is 0 Å². The molecule has 144 valence electrons. The Morgan fingerprint density at radius 3 is 2.04 bits per heavy atom. The first-order valence-corrected chi connectivity index (χ1v) is 8.30. The molecule has 0 heterocycles. The third-order valence-corrected chi connectivity index (χ3v) is 2.61. The van der Waals surface area contributed by atoms with Gasteiger partial charge in [0.15, 0.2) is 0 Å². The van der Waals surface area contributed by atoms with Gasteiger partial charge in [-0.05, 0) is 48.0 Å². The van der Waals surface area contributed by atoms with E-state index in [0.717, 1.165) is 0 Å².